The molecule has 0 heterocycles. The van der Waals surface area contributed by atoms with E-state index in [1.807, 2.05) is 0 Å². The highest BCUT2D eigenvalue weighted by molar-refractivity contribution is 9.09. The summed E-state index contributed by atoms with van der Waals surface area (Å²) in [4.78, 5) is 12.0. The molecule has 16 heavy (non-hydrogen) atoms. The molecule has 4 heteroatoms. The third-order valence-corrected chi connectivity index (χ3v) is 4.11. The van der Waals surface area contributed by atoms with Gasteiger partial charge in [-0.3, -0.25) is 4.79 Å². The largest absolute Gasteiger partial charge is 0.508 e. The molecule has 0 radical (unpaired) electrons. The van der Waals surface area contributed by atoms with Crippen molar-refractivity contribution < 1.29 is 9.90 Å². The van der Waals surface area contributed by atoms with Crippen molar-refractivity contribution in [1.29, 1.82) is 0 Å². The Morgan fingerprint density at radius 3 is 2.81 bits per heavy atom. The number of phenolic OH excluding ortho intramolecular Hbond substituents is 1. The van der Waals surface area contributed by atoms with Gasteiger partial charge in [-0.1, -0.05) is 22.0 Å². The number of benzene rings is 1. The summed E-state index contributed by atoms with van der Waals surface area (Å²) in [5, 5.41) is 13.3. The van der Waals surface area contributed by atoms with Gasteiger partial charge in [0.25, 0.3) is 5.91 Å². The van der Waals surface area contributed by atoms with Crippen molar-refractivity contribution in [2.24, 2.45) is 0 Å². The van der Waals surface area contributed by atoms with Crippen LogP contribution in [-0.4, -0.2) is 21.9 Å². The summed E-state index contributed by atoms with van der Waals surface area (Å²) in [5.41, 5.74) is 1.12. The maximum atomic E-state index is 12.0. The van der Waals surface area contributed by atoms with Gasteiger partial charge in [0.1, 0.15) is 5.75 Å². The third kappa shape index (κ3) is 2.07. The smallest absolute Gasteiger partial charge is 0.252 e. The molecular weight excluding hydrogens is 270 g/mol. The number of phenols is 1. The van der Waals surface area contributed by atoms with Crippen LogP contribution in [0.15, 0.2) is 18.2 Å². The van der Waals surface area contributed by atoms with Gasteiger partial charge in [0.15, 0.2) is 0 Å². The number of halogens is 1. The first-order valence-corrected chi connectivity index (χ1v) is 6.37. The van der Waals surface area contributed by atoms with Crippen molar-refractivity contribution in [2.75, 3.05) is 5.33 Å². The van der Waals surface area contributed by atoms with Gasteiger partial charge in [-0.25, -0.2) is 0 Å². The predicted octanol–water partition coefficient (Wildman–Crippen LogP) is 2.36. The molecule has 0 aromatic heterocycles. The van der Waals surface area contributed by atoms with Gasteiger partial charge in [-0.2, -0.15) is 0 Å². The van der Waals surface area contributed by atoms with Gasteiger partial charge in [0.2, 0.25) is 0 Å². The maximum absolute atomic E-state index is 12.0. The van der Waals surface area contributed by atoms with E-state index < -0.39 is 0 Å². The molecular formula is C12H14BrNO2. The topological polar surface area (TPSA) is 49.3 Å². The molecule has 1 amide bonds. The van der Waals surface area contributed by atoms with E-state index in [4.69, 9.17) is 0 Å². The van der Waals surface area contributed by atoms with Crippen LogP contribution in [0.25, 0.3) is 0 Å². The van der Waals surface area contributed by atoms with Crippen molar-refractivity contribution in [3.05, 3.63) is 29.3 Å². The number of nitrogens with one attached hydrogen (secondary N) is 1. The molecule has 2 N–H and O–H groups in total. The fourth-order valence-corrected chi connectivity index (χ4v) is 2.32. The fraction of sp³-hybridized carbons (Fsp3) is 0.417. The second-order valence-corrected chi connectivity index (χ2v) is 4.88. The molecule has 0 bridgehead atoms. The number of rotatable bonds is 3. The average molecular weight is 284 g/mol. The van der Waals surface area contributed by atoms with Crippen LogP contribution in [0.5, 0.6) is 5.75 Å². The summed E-state index contributed by atoms with van der Waals surface area (Å²) < 4.78 is 0. The number of amides is 1. The molecule has 1 fully saturated rings. The molecule has 1 aromatic rings. The lowest BCUT2D eigenvalue weighted by molar-refractivity contribution is 0.0935. The van der Waals surface area contributed by atoms with Crippen LogP contribution in [0.4, 0.5) is 0 Å². The third-order valence-electron chi connectivity index (χ3n) is 3.04. The standard InChI is InChI=1S/C12H14BrNO2/c1-8-9(3-2-4-10(8)15)11(16)14-12(7-13)5-6-12/h2-4,15H,5-7H2,1H3,(H,14,16). The van der Waals surface area contributed by atoms with Crippen LogP contribution in [0.1, 0.15) is 28.8 Å². The number of aromatic hydroxyl groups is 1. The monoisotopic (exact) mass is 283 g/mol. The Hall–Kier alpha value is -1.03. The van der Waals surface area contributed by atoms with E-state index in [-0.39, 0.29) is 17.2 Å². The van der Waals surface area contributed by atoms with E-state index in [2.05, 4.69) is 21.2 Å². The van der Waals surface area contributed by atoms with E-state index in [0.717, 1.165) is 18.2 Å². The van der Waals surface area contributed by atoms with Gasteiger partial charge in [0.05, 0.1) is 5.54 Å². The van der Waals surface area contributed by atoms with Crippen LogP contribution < -0.4 is 5.32 Å². The molecule has 3 nitrogen and oxygen atoms in total. The van der Waals surface area contributed by atoms with E-state index in [1.54, 1.807) is 25.1 Å². The fourth-order valence-electron chi connectivity index (χ4n) is 1.62. The Morgan fingerprint density at radius 1 is 1.56 bits per heavy atom. The normalized spacial score (nSPS) is 16.9. The van der Waals surface area contributed by atoms with Crippen LogP contribution >= 0.6 is 15.9 Å². The van der Waals surface area contributed by atoms with Crippen molar-refractivity contribution in [3.63, 3.8) is 0 Å². The molecule has 86 valence electrons. The number of hydrogen-bond acceptors (Lipinski definition) is 2. The SMILES string of the molecule is Cc1c(O)cccc1C(=O)NC1(CBr)CC1. The summed E-state index contributed by atoms with van der Waals surface area (Å²) in [7, 11) is 0. The number of alkyl halides is 1. The molecule has 2 rings (SSSR count). The Bertz CT molecular complexity index is 427. The zero-order valence-corrected chi connectivity index (χ0v) is 10.7. The second kappa shape index (κ2) is 4.09. The summed E-state index contributed by atoms with van der Waals surface area (Å²) in [6.07, 6.45) is 2.03. The van der Waals surface area contributed by atoms with Gasteiger partial charge in [0, 0.05) is 16.5 Å². The van der Waals surface area contributed by atoms with Crippen LogP contribution in [0, 0.1) is 6.92 Å². The van der Waals surface area contributed by atoms with E-state index >= 15 is 0 Å². The van der Waals surface area contributed by atoms with Crippen molar-refractivity contribution >= 4 is 21.8 Å². The number of carbonyl (C=O) groups excluding carboxylic acids is 1. The van der Waals surface area contributed by atoms with Crippen LogP contribution in [0.3, 0.4) is 0 Å². The Kier molecular flexibility index (Phi) is 2.93. The Balaban J connectivity index is 2.18. The molecule has 1 aliphatic carbocycles. The molecule has 1 aromatic carbocycles. The van der Waals surface area contributed by atoms with Crippen molar-refractivity contribution in [1.82, 2.24) is 5.32 Å². The summed E-state index contributed by atoms with van der Waals surface area (Å²) in [6, 6.07) is 5.00. The van der Waals surface area contributed by atoms with E-state index in [1.165, 1.54) is 0 Å². The first-order chi connectivity index (χ1) is 7.58. The average Bonchev–Trinajstić information content (AvgIpc) is 3.02. The molecule has 1 aliphatic rings. The minimum atomic E-state index is -0.106. The van der Waals surface area contributed by atoms with Crippen LogP contribution in [-0.2, 0) is 0 Å². The van der Waals surface area contributed by atoms with Gasteiger partial charge in [-0.15, -0.1) is 0 Å². The highest BCUT2D eigenvalue weighted by Crippen LogP contribution is 2.37. The first-order valence-electron chi connectivity index (χ1n) is 5.25. The molecule has 0 saturated heterocycles. The van der Waals surface area contributed by atoms with Gasteiger partial charge in [-0.05, 0) is 31.9 Å². The van der Waals surface area contributed by atoms with Gasteiger partial charge >= 0.3 is 0 Å². The molecule has 0 atom stereocenters. The minimum Gasteiger partial charge on any atom is -0.508 e. The van der Waals surface area contributed by atoms with Crippen molar-refractivity contribution in [2.45, 2.75) is 25.3 Å². The highest BCUT2D eigenvalue weighted by atomic mass is 79.9. The maximum Gasteiger partial charge on any atom is 0.252 e. The minimum absolute atomic E-state index is 0.0605. The molecule has 0 aliphatic heterocycles. The zero-order chi connectivity index (χ0) is 11.8. The van der Waals surface area contributed by atoms with Gasteiger partial charge < -0.3 is 10.4 Å². The van der Waals surface area contributed by atoms with E-state index in [9.17, 15) is 9.90 Å². The van der Waals surface area contributed by atoms with Crippen molar-refractivity contribution in [3.8, 4) is 5.75 Å². The first kappa shape index (κ1) is 11.5. The second-order valence-electron chi connectivity index (χ2n) is 4.32. The van der Waals surface area contributed by atoms with Crippen LogP contribution in [0.2, 0.25) is 0 Å². The molecule has 0 unspecified atom stereocenters. The summed E-state index contributed by atoms with van der Waals surface area (Å²) in [5.74, 6) is 0.0571. The molecule has 1 saturated carbocycles. The lowest BCUT2D eigenvalue weighted by atomic mass is 10.1. The summed E-state index contributed by atoms with van der Waals surface area (Å²) in [6.45, 7) is 1.75. The Morgan fingerprint density at radius 2 is 2.25 bits per heavy atom. The highest BCUT2D eigenvalue weighted by Gasteiger charge is 2.43. The Labute approximate surface area is 103 Å². The lowest BCUT2D eigenvalue weighted by Crippen LogP contribution is -2.38. The lowest BCUT2D eigenvalue weighted by Gasteiger charge is -2.15. The quantitative estimate of drug-likeness (QED) is 0.837. The summed E-state index contributed by atoms with van der Waals surface area (Å²) >= 11 is 3.40. The number of hydrogen-bond donors (Lipinski definition) is 2. The zero-order valence-electron chi connectivity index (χ0n) is 9.09. The number of carbonyl (C=O) groups is 1. The van der Waals surface area contributed by atoms with E-state index in [0.29, 0.717) is 11.1 Å². The molecule has 0 spiro atoms. The predicted molar refractivity (Wildman–Crippen MR) is 66.1 cm³/mol.